The molecule has 0 bridgehead atoms. The Morgan fingerprint density at radius 3 is 2.16 bits per heavy atom. The molecule has 9 nitrogen and oxygen atoms in total. The van der Waals surface area contributed by atoms with Crippen molar-refractivity contribution >= 4 is 11.9 Å². The fourth-order valence-corrected chi connectivity index (χ4v) is 3.64. The molecule has 1 unspecified atom stereocenters. The summed E-state index contributed by atoms with van der Waals surface area (Å²) in [5.74, 6) is -3.70. The third-order valence-corrected chi connectivity index (χ3v) is 5.39. The first kappa shape index (κ1) is 30.8. The number of furan rings is 1. The molecule has 4 rings (SSSR count). The molecule has 0 saturated carbocycles. The number of hydrogen-bond acceptors (Lipinski definition) is 7. The number of aliphatic carboxylic acids is 2. The Hall–Kier alpha value is -3.40. The van der Waals surface area contributed by atoms with Crippen LogP contribution in [0.2, 0.25) is 0 Å². The second-order valence-electron chi connectivity index (χ2n) is 8.26. The number of pyridine rings is 1. The molecule has 1 spiro atoms. The zero-order chi connectivity index (χ0) is 28.7. The van der Waals surface area contributed by atoms with Crippen LogP contribution in [0.15, 0.2) is 34.9 Å². The fraction of sp³-hybridized carbons (Fsp3) is 0.500. The summed E-state index contributed by atoms with van der Waals surface area (Å²) in [4.78, 5) is 24.0. The van der Waals surface area contributed by atoms with Gasteiger partial charge in [-0.05, 0) is 37.6 Å². The molecular weight excluding hydrogens is 537 g/mol. The molecule has 2 aromatic heterocycles. The molecule has 0 radical (unpaired) electrons. The first-order chi connectivity index (χ1) is 17.5. The second-order valence-corrected chi connectivity index (χ2v) is 8.26. The van der Waals surface area contributed by atoms with Crippen LogP contribution in [0.3, 0.4) is 0 Å². The summed E-state index contributed by atoms with van der Waals surface area (Å²) < 4.78 is 94.3. The lowest BCUT2D eigenvalue weighted by atomic mass is 9.81. The number of aromatic nitrogens is 1. The van der Waals surface area contributed by atoms with Gasteiger partial charge in [0.25, 0.3) is 0 Å². The Morgan fingerprint density at radius 1 is 1.11 bits per heavy atom. The lowest BCUT2D eigenvalue weighted by Gasteiger charge is -2.49. The van der Waals surface area contributed by atoms with Crippen molar-refractivity contribution in [2.45, 2.75) is 37.8 Å². The molecule has 2 saturated heterocycles. The predicted octanol–water partition coefficient (Wildman–Crippen LogP) is 4.06. The van der Waals surface area contributed by atoms with Crippen molar-refractivity contribution in [2.24, 2.45) is 5.92 Å². The summed E-state index contributed by atoms with van der Waals surface area (Å²) in [6.07, 6.45) is -7.70. The Balaban J connectivity index is 0.000000301. The van der Waals surface area contributed by atoms with Crippen molar-refractivity contribution in [1.29, 1.82) is 0 Å². The minimum Gasteiger partial charge on any atom is -0.475 e. The van der Waals surface area contributed by atoms with Gasteiger partial charge in [-0.2, -0.15) is 26.3 Å². The van der Waals surface area contributed by atoms with Gasteiger partial charge in [-0.25, -0.2) is 19.0 Å². The molecule has 38 heavy (non-hydrogen) atoms. The molecule has 0 aliphatic carbocycles. The van der Waals surface area contributed by atoms with Crippen LogP contribution in [0, 0.1) is 18.7 Å². The van der Waals surface area contributed by atoms with Gasteiger partial charge >= 0.3 is 24.3 Å². The highest BCUT2D eigenvalue weighted by molar-refractivity contribution is 5.73. The quantitative estimate of drug-likeness (QED) is 0.522. The number of rotatable bonds is 5. The van der Waals surface area contributed by atoms with Crippen molar-refractivity contribution in [1.82, 2.24) is 9.88 Å². The summed E-state index contributed by atoms with van der Waals surface area (Å²) >= 11 is 0. The summed E-state index contributed by atoms with van der Waals surface area (Å²) in [5, 5.41) is 14.2. The third-order valence-electron chi connectivity index (χ3n) is 5.39. The number of hydrogen-bond donors (Lipinski definition) is 2. The van der Waals surface area contributed by atoms with E-state index in [1.807, 2.05) is 19.1 Å². The Morgan fingerprint density at radius 2 is 1.68 bits per heavy atom. The van der Waals surface area contributed by atoms with Crippen LogP contribution in [-0.4, -0.2) is 76.3 Å². The van der Waals surface area contributed by atoms with Crippen LogP contribution in [-0.2, 0) is 20.9 Å². The molecule has 1 atom stereocenters. The molecular formula is C22H23F7N2O7. The number of halogens is 7. The highest BCUT2D eigenvalue weighted by Gasteiger charge is 2.53. The number of aryl methyl sites for hydroxylation is 1. The normalized spacial score (nSPS) is 18.5. The van der Waals surface area contributed by atoms with Crippen molar-refractivity contribution in [3.8, 4) is 5.88 Å². The van der Waals surface area contributed by atoms with Crippen LogP contribution in [0.5, 0.6) is 5.88 Å². The van der Waals surface area contributed by atoms with Crippen LogP contribution in [0.4, 0.5) is 30.7 Å². The Bertz CT molecular complexity index is 1060. The first-order valence-electron chi connectivity index (χ1n) is 10.8. The van der Waals surface area contributed by atoms with Crippen LogP contribution in [0.25, 0.3) is 0 Å². The fourth-order valence-electron chi connectivity index (χ4n) is 3.64. The Labute approximate surface area is 210 Å². The maximum atomic E-state index is 13.6. The number of alkyl halides is 6. The molecule has 0 aromatic carbocycles. The van der Waals surface area contributed by atoms with E-state index in [1.165, 1.54) is 12.3 Å². The van der Waals surface area contributed by atoms with E-state index in [0.29, 0.717) is 6.61 Å². The van der Waals surface area contributed by atoms with E-state index in [0.717, 1.165) is 44.2 Å². The molecule has 2 aliphatic heterocycles. The van der Waals surface area contributed by atoms with Crippen molar-refractivity contribution < 1.29 is 64.4 Å². The zero-order valence-corrected chi connectivity index (χ0v) is 19.7. The van der Waals surface area contributed by atoms with E-state index in [4.69, 9.17) is 33.7 Å². The van der Waals surface area contributed by atoms with Crippen molar-refractivity contribution in [3.63, 3.8) is 0 Å². The van der Waals surface area contributed by atoms with Gasteiger partial charge in [-0.15, -0.1) is 0 Å². The van der Waals surface area contributed by atoms with E-state index in [2.05, 4.69) is 9.88 Å². The Kier molecular flexibility index (Phi) is 10.1. The zero-order valence-electron chi connectivity index (χ0n) is 19.7. The van der Waals surface area contributed by atoms with Gasteiger partial charge in [0.2, 0.25) is 5.88 Å². The van der Waals surface area contributed by atoms with Gasteiger partial charge < -0.3 is 24.1 Å². The van der Waals surface area contributed by atoms with Gasteiger partial charge in [-0.1, -0.05) is 0 Å². The molecule has 2 aromatic rings. The van der Waals surface area contributed by atoms with Crippen molar-refractivity contribution in [3.05, 3.63) is 47.8 Å². The maximum absolute atomic E-state index is 13.6. The summed E-state index contributed by atoms with van der Waals surface area (Å²) in [7, 11) is 0. The minimum atomic E-state index is -5.08. The largest absolute Gasteiger partial charge is 0.490 e. The number of likely N-dealkylation sites (tertiary alicyclic amines) is 1. The summed E-state index contributed by atoms with van der Waals surface area (Å²) in [6, 6.07) is 6.91. The SMILES string of the molecule is Cc1ccc(CN2CC3(C2)OCCC3COc2ncccc2F)o1.O=C(O)C(F)(F)F.O=C(O)C(F)(F)F. The van der Waals surface area contributed by atoms with Gasteiger partial charge in [0, 0.05) is 31.8 Å². The van der Waals surface area contributed by atoms with Gasteiger partial charge in [0.05, 0.1) is 18.8 Å². The number of carbonyl (C=O) groups is 2. The van der Waals surface area contributed by atoms with E-state index < -0.39 is 30.1 Å². The smallest absolute Gasteiger partial charge is 0.475 e. The van der Waals surface area contributed by atoms with E-state index in [9.17, 15) is 30.7 Å². The first-order valence-corrected chi connectivity index (χ1v) is 10.8. The lowest BCUT2D eigenvalue weighted by Crippen LogP contribution is -2.64. The maximum Gasteiger partial charge on any atom is 0.490 e. The molecule has 4 heterocycles. The van der Waals surface area contributed by atoms with Crippen LogP contribution >= 0.6 is 0 Å². The molecule has 2 aliphatic rings. The molecule has 16 heteroatoms. The molecule has 2 N–H and O–H groups in total. The number of ether oxygens (including phenoxy) is 2. The lowest BCUT2D eigenvalue weighted by molar-refractivity contribution is -0.193. The average molecular weight is 560 g/mol. The van der Waals surface area contributed by atoms with Gasteiger partial charge in [-0.3, -0.25) is 4.90 Å². The molecule has 2 fully saturated rings. The number of carboxylic acid groups (broad SMARTS) is 2. The highest BCUT2D eigenvalue weighted by atomic mass is 19.4. The monoisotopic (exact) mass is 560 g/mol. The second kappa shape index (κ2) is 12.4. The number of nitrogens with zero attached hydrogens (tertiary/aromatic N) is 2. The number of carboxylic acids is 2. The standard InChI is InChI=1S/C18H21FN2O3.2C2HF3O2/c1-13-4-5-15(24-13)9-21-11-18(12-21)14(6-8-23-18)10-22-17-16(19)3-2-7-20-17;2*3-2(4,5)1(6)7/h2-5,7,14H,6,8-12H2,1H3;2*(H,6,7). The summed E-state index contributed by atoms with van der Waals surface area (Å²) in [5.41, 5.74) is -0.174. The van der Waals surface area contributed by atoms with Gasteiger partial charge in [0.15, 0.2) is 5.82 Å². The highest BCUT2D eigenvalue weighted by Crippen LogP contribution is 2.40. The van der Waals surface area contributed by atoms with E-state index in [1.54, 1.807) is 6.07 Å². The predicted molar refractivity (Wildman–Crippen MR) is 113 cm³/mol. The minimum absolute atomic E-state index is 0.0711. The van der Waals surface area contributed by atoms with Crippen molar-refractivity contribution in [2.75, 3.05) is 26.3 Å². The van der Waals surface area contributed by atoms with E-state index >= 15 is 0 Å². The topological polar surface area (TPSA) is 122 Å². The molecule has 212 valence electrons. The third kappa shape index (κ3) is 8.86. The summed E-state index contributed by atoms with van der Waals surface area (Å²) in [6.45, 7) is 5.61. The van der Waals surface area contributed by atoms with Crippen LogP contribution < -0.4 is 4.74 Å². The van der Waals surface area contributed by atoms with Crippen LogP contribution in [0.1, 0.15) is 17.9 Å². The van der Waals surface area contributed by atoms with Gasteiger partial charge in [0.1, 0.15) is 11.5 Å². The average Bonchev–Trinajstić information content (AvgIpc) is 3.38. The molecule has 0 amide bonds. The van der Waals surface area contributed by atoms with E-state index in [-0.39, 0.29) is 17.4 Å².